The highest BCUT2D eigenvalue weighted by molar-refractivity contribution is 6.09. The van der Waals surface area contributed by atoms with E-state index in [-0.39, 0.29) is 22.9 Å². The predicted octanol–water partition coefficient (Wildman–Crippen LogP) is 2.47. The third-order valence-corrected chi connectivity index (χ3v) is 4.44. The second kappa shape index (κ2) is 9.07. The molecule has 0 aliphatic rings. The summed E-state index contributed by atoms with van der Waals surface area (Å²) in [7, 11) is 1.25. The maximum Gasteiger partial charge on any atom is 0.350 e. The van der Waals surface area contributed by atoms with E-state index in [9.17, 15) is 19.7 Å². The number of aryl methyl sites for hydroxylation is 1. The van der Waals surface area contributed by atoms with E-state index in [2.05, 4.69) is 20.8 Å². The van der Waals surface area contributed by atoms with Crippen molar-refractivity contribution >= 4 is 28.9 Å². The lowest BCUT2D eigenvalue weighted by atomic mass is 10.2. The highest BCUT2D eigenvalue weighted by Gasteiger charge is 2.27. The van der Waals surface area contributed by atoms with E-state index >= 15 is 0 Å². The number of ether oxygens (including phenoxy) is 1. The van der Waals surface area contributed by atoms with Gasteiger partial charge in [0.1, 0.15) is 12.2 Å². The van der Waals surface area contributed by atoms with Gasteiger partial charge in [0.25, 0.3) is 5.91 Å². The van der Waals surface area contributed by atoms with Gasteiger partial charge in [0.2, 0.25) is 5.91 Å². The Labute approximate surface area is 177 Å². The highest BCUT2D eigenvalue weighted by atomic mass is 16.6. The molecule has 1 aromatic carbocycles. The first-order chi connectivity index (χ1) is 14.8. The van der Waals surface area contributed by atoms with Crippen LogP contribution >= 0.6 is 0 Å². The van der Waals surface area contributed by atoms with Gasteiger partial charge in [-0.05, 0) is 26.0 Å². The normalized spacial score (nSPS) is 11.6. The quantitative estimate of drug-likeness (QED) is 0.415. The van der Waals surface area contributed by atoms with Gasteiger partial charge in [0, 0.05) is 18.4 Å². The summed E-state index contributed by atoms with van der Waals surface area (Å²) in [6.07, 6.45) is 2.65. The summed E-state index contributed by atoms with van der Waals surface area (Å²) >= 11 is 0. The molecule has 12 heteroatoms. The van der Waals surface area contributed by atoms with Crippen LogP contribution in [0.1, 0.15) is 30.4 Å². The lowest BCUT2D eigenvalue weighted by Crippen LogP contribution is -2.25. The molecule has 2 aromatic heterocycles. The van der Waals surface area contributed by atoms with Gasteiger partial charge >= 0.3 is 11.6 Å². The van der Waals surface area contributed by atoms with Crippen LogP contribution in [-0.4, -0.2) is 43.4 Å². The third kappa shape index (κ3) is 4.69. The molecule has 0 fully saturated rings. The molecular formula is C19H21N7O5. The summed E-state index contributed by atoms with van der Waals surface area (Å²) in [5.74, 6) is -1.23. The zero-order valence-corrected chi connectivity index (χ0v) is 17.1. The molecular weight excluding hydrogens is 406 g/mol. The van der Waals surface area contributed by atoms with Crippen molar-refractivity contribution in [1.82, 2.24) is 19.6 Å². The average molecular weight is 427 g/mol. The minimum Gasteiger partial charge on any atom is -0.475 e. The number of rotatable bonds is 8. The van der Waals surface area contributed by atoms with E-state index in [4.69, 9.17) is 4.74 Å². The van der Waals surface area contributed by atoms with Crippen molar-refractivity contribution in [2.75, 3.05) is 17.7 Å². The van der Waals surface area contributed by atoms with E-state index in [1.165, 1.54) is 24.9 Å². The molecule has 3 rings (SSSR count). The highest BCUT2D eigenvalue weighted by Crippen LogP contribution is 2.26. The number of nitrogens with zero attached hydrogens (tertiary/aromatic N) is 5. The molecule has 3 aromatic rings. The number of amides is 2. The molecule has 1 unspecified atom stereocenters. The molecule has 0 radical (unpaired) electrons. The Morgan fingerprint density at radius 1 is 1.19 bits per heavy atom. The molecule has 162 valence electrons. The van der Waals surface area contributed by atoms with Crippen LogP contribution in [0.15, 0.2) is 42.7 Å². The van der Waals surface area contributed by atoms with Gasteiger partial charge in [-0.3, -0.25) is 24.4 Å². The van der Waals surface area contributed by atoms with Crippen molar-refractivity contribution in [3.05, 3.63) is 58.5 Å². The molecule has 0 aliphatic carbocycles. The Morgan fingerprint density at radius 3 is 2.48 bits per heavy atom. The summed E-state index contributed by atoms with van der Waals surface area (Å²) < 4.78 is 7.53. The second-order valence-corrected chi connectivity index (χ2v) is 6.49. The molecule has 0 spiro atoms. The number of hydrogen-bond donors (Lipinski definition) is 2. The summed E-state index contributed by atoms with van der Waals surface area (Å²) in [6, 6.07) is 7.92. The van der Waals surface area contributed by atoms with Crippen LogP contribution in [0, 0.1) is 10.1 Å². The molecule has 0 saturated heterocycles. The number of para-hydroxylation sites is 1. The standard InChI is InChI=1S/C19H21N7O5/c1-4-24-10-14(16(22-24)18(28)20-13-8-6-5-7-9-13)21-17(27)12(2)25-11-15(26(29)30)19(23-25)31-3/h5-12H,4H2,1-3H3,(H,20,28)(H,21,27). The maximum atomic E-state index is 12.8. The lowest BCUT2D eigenvalue weighted by Gasteiger charge is -2.12. The zero-order valence-electron chi connectivity index (χ0n) is 17.1. The van der Waals surface area contributed by atoms with Crippen molar-refractivity contribution in [3.8, 4) is 5.88 Å². The number of carbonyl (C=O) groups excluding carboxylic acids is 2. The van der Waals surface area contributed by atoms with Crippen LogP contribution < -0.4 is 15.4 Å². The summed E-state index contributed by atoms with van der Waals surface area (Å²) in [5.41, 5.74) is 0.472. The number of aromatic nitrogens is 4. The number of nitrogens with one attached hydrogen (secondary N) is 2. The van der Waals surface area contributed by atoms with Crippen LogP contribution in [0.5, 0.6) is 5.88 Å². The lowest BCUT2D eigenvalue weighted by molar-refractivity contribution is -0.385. The molecule has 12 nitrogen and oxygen atoms in total. The van der Waals surface area contributed by atoms with Gasteiger partial charge in [-0.1, -0.05) is 18.2 Å². The minimum atomic E-state index is -0.919. The van der Waals surface area contributed by atoms with Crippen molar-refractivity contribution in [1.29, 1.82) is 0 Å². The van der Waals surface area contributed by atoms with Crippen molar-refractivity contribution < 1.29 is 19.2 Å². The molecule has 0 aliphatic heterocycles. The molecule has 2 heterocycles. The fourth-order valence-corrected chi connectivity index (χ4v) is 2.75. The fraction of sp³-hybridized carbons (Fsp3) is 0.263. The van der Waals surface area contributed by atoms with E-state index in [1.807, 2.05) is 13.0 Å². The SMILES string of the molecule is CCn1cc(NC(=O)C(C)n2cc([N+](=O)[O-])c(OC)n2)c(C(=O)Nc2ccccc2)n1. The Morgan fingerprint density at radius 2 is 1.90 bits per heavy atom. The van der Waals surface area contributed by atoms with Crippen LogP contribution in [0.4, 0.5) is 17.1 Å². The number of anilines is 2. The summed E-state index contributed by atoms with van der Waals surface area (Å²) in [6.45, 7) is 3.84. The number of methoxy groups -OCH3 is 1. The monoisotopic (exact) mass is 427 g/mol. The fourth-order valence-electron chi connectivity index (χ4n) is 2.75. The molecule has 0 saturated carbocycles. The van der Waals surface area contributed by atoms with Crippen LogP contribution in [0.2, 0.25) is 0 Å². The Bertz CT molecular complexity index is 1110. The number of nitro groups is 1. The van der Waals surface area contributed by atoms with Gasteiger partial charge in [-0.25, -0.2) is 4.68 Å². The molecule has 2 N–H and O–H groups in total. The summed E-state index contributed by atoms with van der Waals surface area (Å²) in [5, 5.41) is 24.6. The minimum absolute atomic E-state index is 0.0373. The first kappa shape index (κ1) is 21.5. The van der Waals surface area contributed by atoms with Crippen LogP contribution in [-0.2, 0) is 11.3 Å². The zero-order chi connectivity index (χ0) is 22.5. The van der Waals surface area contributed by atoms with Crippen LogP contribution in [0.25, 0.3) is 0 Å². The van der Waals surface area contributed by atoms with Crippen molar-refractivity contribution in [3.63, 3.8) is 0 Å². The summed E-state index contributed by atoms with van der Waals surface area (Å²) in [4.78, 5) is 35.9. The van der Waals surface area contributed by atoms with E-state index in [1.54, 1.807) is 24.3 Å². The average Bonchev–Trinajstić information content (AvgIpc) is 3.38. The van der Waals surface area contributed by atoms with Gasteiger partial charge in [-0.15, -0.1) is 5.10 Å². The van der Waals surface area contributed by atoms with E-state index in [0.717, 1.165) is 10.9 Å². The Kier molecular flexibility index (Phi) is 6.29. The number of benzene rings is 1. The topological polar surface area (TPSA) is 146 Å². The largest absolute Gasteiger partial charge is 0.475 e. The number of hydrogen-bond acceptors (Lipinski definition) is 7. The van der Waals surface area contributed by atoms with E-state index < -0.39 is 22.8 Å². The van der Waals surface area contributed by atoms with Gasteiger partial charge < -0.3 is 15.4 Å². The number of carbonyl (C=O) groups is 2. The van der Waals surface area contributed by atoms with Gasteiger partial charge in [0.15, 0.2) is 5.69 Å². The Hall–Kier alpha value is -4.22. The third-order valence-electron chi connectivity index (χ3n) is 4.44. The molecule has 2 amide bonds. The van der Waals surface area contributed by atoms with Gasteiger partial charge in [0.05, 0.1) is 17.7 Å². The first-order valence-electron chi connectivity index (χ1n) is 9.36. The molecule has 1 atom stereocenters. The molecule has 31 heavy (non-hydrogen) atoms. The Balaban J connectivity index is 1.81. The van der Waals surface area contributed by atoms with E-state index in [0.29, 0.717) is 12.2 Å². The first-order valence-corrected chi connectivity index (χ1v) is 9.36. The molecule has 0 bridgehead atoms. The van der Waals surface area contributed by atoms with Gasteiger partial charge in [-0.2, -0.15) is 5.10 Å². The smallest absolute Gasteiger partial charge is 0.350 e. The van der Waals surface area contributed by atoms with Crippen molar-refractivity contribution in [2.45, 2.75) is 26.4 Å². The van der Waals surface area contributed by atoms with Crippen LogP contribution in [0.3, 0.4) is 0 Å². The predicted molar refractivity (Wildman–Crippen MR) is 111 cm³/mol. The maximum absolute atomic E-state index is 12.8. The second-order valence-electron chi connectivity index (χ2n) is 6.49. The van der Waals surface area contributed by atoms with Crippen molar-refractivity contribution in [2.24, 2.45) is 0 Å².